The number of aromatic nitrogens is 2. The van der Waals surface area contributed by atoms with Crippen LogP contribution in [0.5, 0.6) is 0 Å². The Morgan fingerprint density at radius 1 is 1.36 bits per heavy atom. The number of halogens is 2. The van der Waals surface area contributed by atoms with Crippen LogP contribution in [0.25, 0.3) is 10.7 Å². The van der Waals surface area contributed by atoms with E-state index in [2.05, 4.69) is 10.1 Å². The van der Waals surface area contributed by atoms with Gasteiger partial charge >= 0.3 is 5.97 Å². The summed E-state index contributed by atoms with van der Waals surface area (Å²) in [6.07, 6.45) is 0. The Hall–Kier alpha value is -2.25. The van der Waals surface area contributed by atoms with Gasteiger partial charge in [-0.25, -0.2) is 9.18 Å². The fourth-order valence-electron chi connectivity index (χ4n) is 1.71. The molecule has 3 aromatic rings. The van der Waals surface area contributed by atoms with Crippen molar-refractivity contribution in [3.63, 3.8) is 0 Å². The minimum absolute atomic E-state index is 0.0187. The van der Waals surface area contributed by atoms with Gasteiger partial charge in [0.2, 0.25) is 5.82 Å². The molecule has 2 heterocycles. The first kappa shape index (κ1) is 14.7. The second kappa shape index (κ2) is 6.25. The van der Waals surface area contributed by atoms with Crippen molar-refractivity contribution in [2.45, 2.75) is 6.61 Å². The van der Waals surface area contributed by atoms with E-state index in [1.165, 1.54) is 23.5 Å². The van der Waals surface area contributed by atoms with E-state index < -0.39 is 11.8 Å². The smallest absolute Gasteiger partial charge is 0.343 e. The van der Waals surface area contributed by atoms with E-state index in [1.807, 2.05) is 17.5 Å². The Balaban J connectivity index is 1.69. The predicted octanol–water partition coefficient (Wildman–Crippen LogP) is 3.95. The van der Waals surface area contributed by atoms with Gasteiger partial charge in [-0.2, -0.15) is 4.98 Å². The summed E-state index contributed by atoms with van der Waals surface area (Å²) in [4.78, 5) is 16.8. The third-order valence-electron chi connectivity index (χ3n) is 2.70. The molecule has 0 aliphatic rings. The zero-order valence-electron chi connectivity index (χ0n) is 11.0. The quantitative estimate of drug-likeness (QED) is 0.674. The monoisotopic (exact) mass is 338 g/mol. The second-order valence-electron chi connectivity index (χ2n) is 4.16. The highest BCUT2D eigenvalue weighted by Gasteiger charge is 2.18. The average Bonchev–Trinajstić information content (AvgIpc) is 3.16. The van der Waals surface area contributed by atoms with Crippen molar-refractivity contribution in [2.24, 2.45) is 0 Å². The maximum Gasteiger partial charge on any atom is 0.343 e. The molecule has 0 saturated carbocycles. The molecule has 3 rings (SSSR count). The molecule has 0 saturated heterocycles. The first-order valence-electron chi connectivity index (χ1n) is 6.13. The molecule has 0 unspecified atom stereocenters. The predicted molar refractivity (Wildman–Crippen MR) is 78.1 cm³/mol. The zero-order valence-corrected chi connectivity index (χ0v) is 12.5. The lowest BCUT2D eigenvalue weighted by Crippen LogP contribution is -2.08. The van der Waals surface area contributed by atoms with Gasteiger partial charge in [0.05, 0.1) is 9.90 Å². The summed E-state index contributed by atoms with van der Waals surface area (Å²) >= 11 is 7.24. The summed E-state index contributed by atoms with van der Waals surface area (Å²) in [6, 6.07) is 7.63. The van der Waals surface area contributed by atoms with Gasteiger partial charge in [-0.3, -0.25) is 0 Å². The maximum absolute atomic E-state index is 13.6. The highest BCUT2D eigenvalue weighted by Crippen LogP contribution is 2.22. The average molecular weight is 339 g/mol. The molecule has 112 valence electrons. The first-order chi connectivity index (χ1) is 10.6. The van der Waals surface area contributed by atoms with E-state index >= 15 is 0 Å². The SMILES string of the molecule is O=C(OCc1nc(-c2cccs2)no1)c1c(F)cccc1Cl. The molecule has 0 N–H and O–H groups in total. The van der Waals surface area contributed by atoms with Crippen molar-refractivity contribution >= 4 is 28.9 Å². The van der Waals surface area contributed by atoms with Crippen LogP contribution in [0, 0.1) is 5.82 Å². The number of hydrogen-bond donors (Lipinski definition) is 0. The van der Waals surface area contributed by atoms with E-state index in [1.54, 1.807) is 0 Å². The lowest BCUT2D eigenvalue weighted by atomic mass is 10.2. The molecule has 0 fully saturated rings. The summed E-state index contributed by atoms with van der Waals surface area (Å²) in [5.74, 6) is -1.12. The van der Waals surface area contributed by atoms with Crippen LogP contribution in [0.2, 0.25) is 5.02 Å². The zero-order chi connectivity index (χ0) is 15.5. The van der Waals surface area contributed by atoms with Crippen molar-refractivity contribution in [3.05, 3.63) is 58.0 Å². The van der Waals surface area contributed by atoms with Gasteiger partial charge < -0.3 is 9.26 Å². The third kappa shape index (κ3) is 3.00. The normalized spacial score (nSPS) is 10.6. The molecule has 2 aromatic heterocycles. The van der Waals surface area contributed by atoms with Gasteiger partial charge in [0.1, 0.15) is 11.4 Å². The van der Waals surface area contributed by atoms with Crippen molar-refractivity contribution in [1.82, 2.24) is 10.1 Å². The largest absolute Gasteiger partial charge is 0.452 e. The van der Waals surface area contributed by atoms with Gasteiger partial charge in [0.25, 0.3) is 5.89 Å². The maximum atomic E-state index is 13.6. The standard InChI is InChI=1S/C14H8ClFN2O3S/c15-8-3-1-4-9(16)12(8)14(19)20-7-11-17-13(18-21-11)10-5-2-6-22-10/h1-6H,7H2. The second-order valence-corrected chi connectivity index (χ2v) is 5.52. The summed E-state index contributed by atoms with van der Waals surface area (Å²) < 4.78 is 23.5. The Labute approximate surface area is 133 Å². The Kier molecular flexibility index (Phi) is 4.17. The highest BCUT2D eigenvalue weighted by molar-refractivity contribution is 7.13. The summed E-state index contributed by atoms with van der Waals surface area (Å²) in [5.41, 5.74) is -0.317. The van der Waals surface area contributed by atoms with Crippen LogP contribution in [0.15, 0.2) is 40.2 Å². The molecule has 0 amide bonds. The molecular weight excluding hydrogens is 331 g/mol. The molecule has 0 atom stereocenters. The Bertz CT molecular complexity index is 784. The fraction of sp³-hybridized carbons (Fsp3) is 0.0714. The van der Waals surface area contributed by atoms with Crippen LogP contribution in [0.1, 0.15) is 16.2 Å². The molecule has 0 bridgehead atoms. The van der Waals surface area contributed by atoms with Crippen molar-refractivity contribution < 1.29 is 18.4 Å². The Morgan fingerprint density at radius 3 is 2.95 bits per heavy atom. The van der Waals surface area contributed by atoms with E-state index in [0.29, 0.717) is 5.82 Å². The van der Waals surface area contributed by atoms with Crippen LogP contribution in [0.3, 0.4) is 0 Å². The molecule has 0 spiro atoms. The summed E-state index contributed by atoms with van der Waals surface area (Å²) in [7, 11) is 0. The van der Waals surface area contributed by atoms with Gasteiger partial charge in [-0.05, 0) is 23.6 Å². The number of carbonyl (C=O) groups is 1. The number of nitrogens with zero attached hydrogens (tertiary/aromatic N) is 2. The number of carbonyl (C=O) groups excluding carboxylic acids is 1. The number of ether oxygens (including phenoxy) is 1. The molecule has 1 aromatic carbocycles. The fourth-order valence-corrected chi connectivity index (χ4v) is 2.60. The highest BCUT2D eigenvalue weighted by atomic mass is 35.5. The minimum atomic E-state index is -0.890. The molecule has 5 nitrogen and oxygen atoms in total. The van der Waals surface area contributed by atoms with E-state index in [0.717, 1.165) is 10.9 Å². The number of hydrogen-bond acceptors (Lipinski definition) is 6. The number of benzene rings is 1. The number of rotatable bonds is 4. The van der Waals surface area contributed by atoms with Crippen molar-refractivity contribution in [3.8, 4) is 10.7 Å². The van der Waals surface area contributed by atoms with Crippen molar-refractivity contribution in [2.75, 3.05) is 0 Å². The van der Waals surface area contributed by atoms with E-state index in [-0.39, 0.29) is 23.1 Å². The first-order valence-corrected chi connectivity index (χ1v) is 7.38. The van der Waals surface area contributed by atoms with Crippen molar-refractivity contribution in [1.29, 1.82) is 0 Å². The van der Waals surface area contributed by atoms with Crippen LogP contribution >= 0.6 is 22.9 Å². The summed E-state index contributed by atoms with van der Waals surface area (Å²) in [5, 5.41) is 5.64. The van der Waals surface area contributed by atoms with Gasteiger partial charge in [0, 0.05) is 0 Å². The van der Waals surface area contributed by atoms with Crippen LogP contribution < -0.4 is 0 Å². The Morgan fingerprint density at radius 2 is 2.23 bits per heavy atom. The topological polar surface area (TPSA) is 65.2 Å². The minimum Gasteiger partial charge on any atom is -0.452 e. The third-order valence-corrected chi connectivity index (χ3v) is 3.88. The molecule has 0 radical (unpaired) electrons. The molecule has 22 heavy (non-hydrogen) atoms. The number of thiophene rings is 1. The van der Waals surface area contributed by atoms with Gasteiger partial charge in [0.15, 0.2) is 6.61 Å². The van der Waals surface area contributed by atoms with Crippen LogP contribution in [0.4, 0.5) is 4.39 Å². The molecule has 0 aliphatic heterocycles. The number of esters is 1. The molecule has 0 aliphatic carbocycles. The van der Waals surface area contributed by atoms with Gasteiger partial charge in [-0.1, -0.05) is 28.9 Å². The van der Waals surface area contributed by atoms with Crippen LogP contribution in [-0.4, -0.2) is 16.1 Å². The van der Waals surface area contributed by atoms with Gasteiger partial charge in [-0.15, -0.1) is 11.3 Å². The van der Waals surface area contributed by atoms with E-state index in [9.17, 15) is 9.18 Å². The van der Waals surface area contributed by atoms with Crippen LogP contribution in [-0.2, 0) is 11.3 Å². The van der Waals surface area contributed by atoms with E-state index in [4.69, 9.17) is 20.9 Å². The summed E-state index contributed by atoms with van der Waals surface area (Å²) in [6.45, 7) is -0.262. The molecule has 8 heteroatoms. The molecular formula is C14H8ClFN2O3S. The lowest BCUT2D eigenvalue weighted by Gasteiger charge is -2.04. The lowest BCUT2D eigenvalue weighted by molar-refractivity contribution is 0.0424.